The molecule has 0 amide bonds. The third kappa shape index (κ3) is 2.64. The van der Waals surface area contributed by atoms with Crippen molar-refractivity contribution in [3.8, 4) is 0 Å². The second-order valence-electron chi connectivity index (χ2n) is 3.43. The van der Waals surface area contributed by atoms with Crippen molar-refractivity contribution in [2.45, 2.75) is 19.4 Å². The highest BCUT2D eigenvalue weighted by molar-refractivity contribution is 5.23. The average molecular weight is 197 g/mol. The van der Waals surface area contributed by atoms with Gasteiger partial charge in [0.25, 0.3) is 0 Å². The Morgan fingerprint density at radius 1 is 1.50 bits per heavy atom. The van der Waals surface area contributed by atoms with Crippen molar-refractivity contribution in [2.75, 3.05) is 0 Å². The van der Waals surface area contributed by atoms with Gasteiger partial charge in [0.15, 0.2) is 0 Å². The average Bonchev–Trinajstić information content (AvgIpc) is 2.08. The maximum atomic E-state index is 13.2. The van der Waals surface area contributed by atoms with Gasteiger partial charge in [0.1, 0.15) is 11.6 Å². The van der Waals surface area contributed by atoms with Gasteiger partial charge in [-0.3, -0.25) is 0 Å². The first-order valence-electron chi connectivity index (χ1n) is 4.35. The molecule has 2 N–H and O–H groups in total. The lowest BCUT2D eigenvalue weighted by Gasteiger charge is -2.12. The molecule has 0 spiro atoms. The van der Waals surface area contributed by atoms with Crippen molar-refractivity contribution in [1.82, 2.24) is 0 Å². The Balaban J connectivity index is 2.93. The van der Waals surface area contributed by atoms with Crippen molar-refractivity contribution >= 4 is 0 Å². The normalized spacial score (nSPS) is 12.6. The maximum Gasteiger partial charge on any atom is 0.128 e. The standard InChI is InChI=1S/C11H13F2N/c1-7(2)5-11(14)9-6-8(12)3-4-10(9)13/h3-4,6,11H,1,5,14H2,2H3/t11-/m0/s1. The zero-order chi connectivity index (χ0) is 10.7. The Kier molecular flexibility index (Phi) is 3.36. The SMILES string of the molecule is C=C(C)C[C@H](N)c1cc(F)ccc1F. The van der Waals surface area contributed by atoms with Crippen LogP contribution in [0.3, 0.4) is 0 Å². The molecule has 0 aromatic heterocycles. The van der Waals surface area contributed by atoms with Gasteiger partial charge < -0.3 is 5.73 Å². The van der Waals surface area contributed by atoms with Gasteiger partial charge in [-0.05, 0) is 31.5 Å². The Morgan fingerprint density at radius 2 is 2.14 bits per heavy atom. The van der Waals surface area contributed by atoms with Gasteiger partial charge >= 0.3 is 0 Å². The Morgan fingerprint density at radius 3 is 2.71 bits per heavy atom. The summed E-state index contributed by atoms with van der Waals surface area (Å²) in [6, 6.07) is 2.77. The topological polar surface area (TPSA) is 26.0 Å². The van der Waals surface area contributed by atoms with E-state index in [1.54, 1.807) is 6.92 Å². The smallest absolute Gasteiger partial charge is 0.128 e. The lowest BCUT2D eigenvalue weighted by molar-refractivity contribution is 0.560. The van der Waals surface area contributed by atoms with E-state index in [1.807, 2.05) is 0 Å². The third-order valence-electron chi connectivity index (χ3n) is 1.93. The minimum absolute atomic E-state index is 0.202. The van der Waals surface area contributed by atoms with E-state index < -0.39 is 17.7 Å². The van der Waals surface area contributed by atoms with Crippen LogP contribution in [0.4, 0.5) is 8.78 Å². The number of nitrogens with two attached hydrogens (primary N) is 1. The molecule has 0 radical (unpaired) electrons. The molecule has 1 atom stereocenters. The van der Waals surface area contributed by atoms with E-state index in [9.17, 15) is 8.78 Å². The van der Waals surface area contributed by atoms with Gasteiger partial charge in [-0.25, -0.2) is 8.78 Å². The number of benzene rings is 1. The lowest BCUT2D eigenvalue weighted by Crippen LogP contribution is -2.12. The van der Waals surface area contributed by atoms with Crippen molar-refractivity contribution in [2.24, 2.45) is 5.73 Å². The van der Waals surface area contributed by atoms with Gasteiger partial charge in [-0.15, -0.1) is 6.58 Å². The van der Waals surface area contributed by atoms with E-state index in [-0.39, 0.29) is 5.56 Å². The maximum absolute atomic E-state index is 13.2. The summed E-state index contributed by atoms with van der Waals surface area (Å²) in [7, 11) is 0. The molecule has 0 saturated carbocycles. The molecule has 0 saturated heterocycles. The summed E-state index contributed by atoms with van der Waals surface area (Å²) in [6.07, 6.45) is 0.459. The van der Waals surface area contributed by atoms with Crippen LogP contribution in [0.2, 0.25) is 0 Å². The highest BCUT2D eigenvalue weighted by atomic mass is 19.1. The Labute approximate surface area is 82.2 Å². The van der Waals surface area contributed by atoms with Gasteiger partial charge in [-0.1, -0.05) is 5.57 Å². The fraction of sp³-hybridized carbons (Fsp3) is 0.273. The molecular weight excluding hydrogens is 184 g/mol. The molecular formula is C11H13F2N. The van der Waals surface area contributed by atoms with Crippen LogP contribution in [-0.2, 0) is 0 Å². The molecule has 0 aliphatic carbocycles. The predicted octanol–water partition coefficient (Wildman–Crippen LogP) is 2.93. The highest BCUT2D eigenvalue weighted by Gasteiger charge is 2.12. The molecule has 0 heterocycles. The van der Waals surface area contributed by atoms with E-state index in [2.05, 4.69) is 6.58 Å². The first-order chi connectivity index (χ1) is 6.50. The molecule has 0 aliphatic rings. The molecule has 3 heteroatoms. The zero-order valence-electron chi connectivity index (χ0n) is 8.06. The van der Waals surface area contributed by atoms with Crippen LogP contribution in [0.5, 0.6) is 0 Å². The molecule has 0 bridgehead atoms. The van der Waals surface area contributed by atoms with E-state index >= 15 is 0 Å². The minimum Gasteiger partial charge on any atom is -0.324 e. The van der Waals surface area contributed by atoms with E-state index in [0.29, 0.717) is 6.42 Å². The molecule has 0 fully saturated rings. The molecule has 76 valence electrons. The summed E-state index contributed by atoms with van der Waals surface area (Å²) in [5, 5.41) is 0. The van der Waals surface area contributed by atoms with Crippen molar-refractivity contribution in [3.05, 3.63) is 47.5 Å². The van der Waals surface area contributed by atoms with Crippen LogP contribution in [0, 0.1) is 11.6 Å². The predicted molar refractivity (Wildman–Crippen MR) is 52.7 cm³/mol. The third-order valence-corrected chi connectivity index (χ3v) is 1.93. The number of hydrogen-bond donors (Lipinski definition) is 1. The van der Waals surface area contributed by atoms with Crippen LogP contribution >= 0.6 is 0 Å². The van der Waals surface area contributed by atoms with Gasteiger partial charge in [-0.2, -0.15) is 0 Å². The molecule has 0 unspecified atom stereocenters. The van der Waals surface area contributed by atoms with E-state index in [1.165, 1.54) is 0 Å². The Bertz CT molecular complexity index is 347. The van der Waals surface area contributed by atoms with Gasteiger partial charge in [0.05, 0.1) is 0 Å². The molecule has 0 aliphatic heterocycles. The highest BCUT2D eigenvalue weighted by Crippen LogP contribution is 2.21. The van der Waals surface area contributed by atoms with Crippen LogP contribution in [0.15, 0.2) is 30.4 Å². The lowest BCUT2D eigenvalue weighted by atomic mass is 10.0. The second-order valence-corrected chi connectivity index (χ2v) is 3.43. The molecule has 1 rings (SSSR count). The Hall–Kier alpha value is -1.22. The summed E-state index contributed by atoms with van der Waals surface area (Å²) in [4.78, 5) is 0. The van der Waals surface area contributed by atoms with Gasteiger partial charge in [0.2, 0.25) is 0 Å². The zero-order valence-corrected chi connectivity index (χ0v) is 8.06. The monoisotopic (exact) mass is 197 g/mol. The van der Waals surface area contributed by atoms with Gasteiger partial charge in [0, 0.05) is 11.6 Å². The molecule has 1 nitrogen and oxygen atoms in total. The van der Waals surface area contributed by atoms with Crippen LogP contribution in [-0.4, -0.2) is 0 Å². The minimum atomic E-state index is -0.525. The van der Waals surface area contributed by atoms with E-state index in [0.717, 1.165) is 23.8 Å². The van der Waals surface area contributed by atoms with Crippen LogP contribution in [0.25, 0.3) is 0 Å². The van der Waals surface area contributed by atoms with Crippen LogP contribution in [0.1, 0.15) is 24.9 Å². The molecule has 1 aromatic carbocycles. The fourth-order valence-electron chi connectivity index (χ4n) is 1.28. The number of halogens is 2. The fourth-order valence-corrected chi connectivity index (χ4v) is 1.28. The largest absolute Gasteiger partial charge is 0.324 e. The summed E-state index contributed by atoms with van der Waals surface area (Å²) >= 11 is 0. The van der Waals surface area contributed by atoms with Crippen molar-refractivity contribution < 1.29 is 8.78 Å². The first-order valence-corrected chi connectivity index (χ1v) is 4.35. The summed E-state index contributed by atoms with van der Waals surface area (Å²) in [5.74, 6) is -0.946. The first kappa shape index (κ1) is 10.9. The van der Waals surface area contributed by atoms with Crippen LogP contribution < -0.4 is 5.73 Å². The van der Waals surface area contributed by atoms with E-state index in [4.69, 9.17) is 5.73 Å². The van der Waals surface area contributed by atoms with Crippen molar-refractivity contribution in [3.63, 3.8) is 0 Å². The quantitative estimate of drug-likeness (QED) is 0.741. The summed E-state index contributed by atoms with van der Waals surface area (Å²) in [6.45, 7) is 5.48. The van der Waals surface area contributed by atoms with Crippen molar-refractivity contribution in [1.29, 1.82) is 0 Å². The molecule has 14 heavy (non-hydrogen) atoms. The summed E-state index contributed by atoms with van der Waals surface area (Å²) in [5.41, 5.74) is 6.75. The molecule has 1 aromatic rings. The summed E-state index contributed by atoms with van der Waals surface area (Å²) < 4.78 is 26.0. The second kappa shape index (κ2) is 4.33. The number of hydrogen-bond acceptors (Lipinski definition) is 1. The number of rotatable bonds is 3.